The van der Waals surface area contributed by atoms with Crippen molar-refractivity contribution in [2.45, 2.75) is 32.6 Å². The van der Waals surface area contributed by atoms with Crippen LogP contribution in [-0.4, -0.2) is 11.5 Å². The fourth-order valence-electron chi connectivity index (χ4n) is 1.74. The Bertz CT molecular complexity index is 406. The molecule has 0 radical (unpaired) electrons. The van der Waals surface area contributed by atoms with E-state index >= 15 is 0 Å². The van der Waals surface area contributed by atoms with Crippen molar-refractivity contribution in [3.63, 3.8) is 0 Å². The van der Waals surface area contributed by atoms with E-state index in [1.807, 2.05) is 31.2 Å². The van der Waals surface area contributed by atoms with Gasteiger partial charge in [-0.2, -0.15) is 5.10 Å². The summed E-state index contributed by atoms with van der Waals surface area (Å²) in [6.45, 7) is 2.04. The van der Waals surface area contributed by atoms with Gasteiger partial charge in [-0.25, -0.2) is 0 Å². The standard InChI is InChI=1S/C13H16N2O/c1-10-6-8-11(9-7-10)14-15-12-4-2-3-5-13(12)16/h6-9,14H,2-5H2,1H3. The molecule has 16 heavy (non-hydrogen) atoms. The molecule has 1 aliphatic carbocycles. The fourth-order valence-corrected chi connectivity index (χ4v) is 1.74. The Kier molecular flexibility index (Phi) is 3.34. The van der Waals surface area contributed by atoms with E-state index in [4.69, 9.17) is 0 Å². The van der Waals surface area contributed by atoms with Crippen LogP contribution in [0, 0.1) is 6.92 Å². The Morgan fingerprint density at radius 3 is 2.50 bits per heavy atom. The first-order valence-corrected chi connectivity index (χ1v) is 5.68. The van der Waals surface area contributed by atoms with Crippen LogP contribution in [0.15, 0.2) is 29.4 Å². The molecule has 1 aromatic carbocycles. The molecule has 0 saturated heterocycles. The second-order valence-electron chi connectivity index (χ2n) is 4.17. The first-order chi connectivity index (χ1) is 7.75. The van der Waals surface area contributed by atoms with Gasteiger partial charge < -0.3 is 0 Å². The number of aryl methyl sites for hydroxylation is 1. The third-order valence-electron chi connectivity index (χ3n) is 2.76. The highest BCUT2D eigenvalue weighted by Gasteiger charge is 2.16. The highest BCUT2D eigenvalue weighted by atomic mass is 16.1. The lowest BCUT2D eigenvalue weighted by atomic mass is 9.97. The Hall–Kier alpha value is -1.64. The number of carbonyl (C=O) groups is 1. The molecule has 0 unspecified atom stereocenters. The summed E-state index contributed by atoms with van der Waals surface area (Å²) >= 11 is 0. The monoisotopic (exact) mass is 216 g/mol. The van der Waals surface area contributed by atoms with Gasteiger partial charge in [0.15, 0.2) is 5.78 Å². The van der Waals surface area contributed by atoms with Gasteiger partial charge in [0.25, 0.3) is 0 Å². The van der Waals surface area contributed by atoms with E-state index in [-0.39, 0.29) is 5.78 Å². The molecule has 0 bridgehead atoms. The zero-order chi connectivity index (χ0) is 11.4. The van der Waals surface area contributed by atoms with Crippen molar-refractivity contribution in [3.05, 3.63) is 29.8 Å². The average molecular weight is 216 g/mol. The van der Waals surface area contributed by atoms with Crippen LogP contribution in [0.4, 0.5) is 5.69 Å². The molecule has 0 aromatic heterocycles. The molecule has 0 aliphatic heterocycles. The maximum Gasteiger partial charge on any atom is 0.178 e. The third kappa shape index (κ3) is 2.69. The summed E-state index contributed by atoms with van der Waals surface area (Å²) in [6, 6.07) is 7.97. The number of hydrogen-bond donors (Lipinski definition) is 1. The normalized spacial score (nSPS) is 18.8. The second kappa shape index (κ2) is 4.92. The lowest BCUT2D eigenvalue weighted by molar-refractivity contribution is -0.113. The van der Waals surface area contributed by atoms with E-state index in [1.165, 1.54) is 5.56 Å². The summed E-state index contributed by atoms with van der Waals surface area (Å²) in [6.07, 6.45) is 3.52. The molecule has 1 aliphatic rings. The number of hydrogen-bond acceptors (Lipinski definition) is 3. The molecule has 0 amide bonds. The zero-order valence-corrected chi connectivity index (χ0v) is 9.49. The second-order valence-corrected chi connectivity index (χ2v) is 4.17. The van der Waals surface area contributed by atoms with Crippen LogP contribution >= 0.6 is 0 Å². The molecule has 84 valence electrons. The van der Waals surface area contributed by atoms with E-state index in [1.54, 1.807) is 0 Å². The SMILES string of the molecule is Cc1ccc(NN=C2CCCCC2=O)cc1. The Balaban J connectivity index is 2.02. The van der Waals surface area contributed by atoms with Gasteiger partial charge in [0.05, 0.1) is 5.69 Å². The molecule has 0 heterocycles. The maximum absolute atomic E-state index is 11.5. The van der Waals surface area contributed by atoms with Crippen LogP contribution < -0.4 is 5.43 Å². The molecule has 3 heteroatoms. The van der Waals surface area contributed by atoms with Crippen molar-refractivity contribution in [2.24, 2.45) is 5.10 Å². The van der Waals surface area contributed by atoms with Crippen molar-refractivity contribution in [1.82, 2.24) is 0 Å². The predicted molar refractivity (Wildman–Crippen MR) is 65.7 cm³/mol. The molecular weight excluding hydrogens is 200 g/mol. The van der Waals surface area contributed by atoms with Crippen LogP contribution in [0.1, 0.15) is 31.2 Å². The Morgan fingerprint density at radius 1 is 1.12 bits per heavy atom. The number of Topliss-reactive ketones (excluding diaryl/α,β-unsaturated/α-hetero) is 1. The minimum Gasteiger partial charge on any atom is -0.293 e. The number of rotatable bonds is 2. The van der Waals surface area contributed by atoms with Gasteiger partial charge in [-0.3, -0.25) is 10.2 Å². The van der Waals surface area contributed by atoms with Gasteiger partial charge in [0, 0.05) is 6.42 Å². The molecule has 1 N–H and O–H groups in total. The highest BCUT2D eigenvalue weighted by molar-refractivity contribution is 6.40. The van der Waals surface area contributed by atoms with E-state index in [0.717, 1.165) is 24.9 Å². The average Bonchev–Trinajstić information content (AvgIpc) is 2.30. The number of hydrazone groups is 1. The predicted octanol–water partition coefficient (Wildman–Crippen LogP) is 2.91. The van der Waals surface area contributed by atoms with Crippen LogP contribution in [-0.2, 0) is 4.79 Å². The van der Waals surface area contributed by atoms with E-state index in [2.05, 4.69) is 10.5 Å². The molecule has 1 saturated carbocycles. The van der Waals surface area contributed by atoms with E-state index in [0.29, 0.717) is 12.1 Å². The molecule has 1 aromatic rings. The quantitative estimate of drug-likeness (QED) is 0.772. The summed E-state index contributed by atoms with van der Waals surface area (Å²) in [5, 5.41) is 4.18. The van der Waals surface area contributed by atoms with Crippen molar-refractivity contribution in [1.29, 1.82) is 0 Å². The number of benzene rings is 1. The molecule has 0 atom stereocenters. The maximum atomic E-state index is 11.5. The summed E-state index contributed by atoms with van der Waals surface area (Å²) in [5.74, 6) is 0.186. The summed E-state index contributed by atoms with van der Waals surface area (Å²) in [7, 11) is 0. The van der Waals surface area contributed by atoms with Crippen LogP contribution in [0.3, 0.4) is 0 Å². The van der Waals surface area contributed by atoms with Crippen molar-refractivity contribution in [3.8, 4) is 0 Å². The van der Waals surface area contributed by atoms with Crippen molar-refractivity contribution in [2.75, 3.05) is 5.43 Å². The first kappa shape index (κ1) is 10.9. The fraction of sp³-hybridized carbons (Fsp3) is 0.385. The van der Waals surface area contributed by atoms with Crippen LogP contribution in [0.25, 0.3) is 0 Å². The largest absolute Gasteiger partial charge is 0.293 e. The molecule has 3 nitrogen and oxygen atoms in total. The van der Waals surface area contributed by atoms with Gasteiger partial charge in [0.2, 0.25) is 0 Å². The number of carbonyl (C=O) groups excluding carboxylic acids is 1. The number of nitrogens with one attached hydrogen (secondary N) is 1. The minimum atomic E-state index is 0.186. The number of anilines is 1. The summed E-state index contributed by atoms with van der Waals surface area (Å²) in [5.41, 5.74) is 5.77. The zero-order valence-electron chi connectivity index (χ0n) is 9.49. The Morgan fingerprint density at radius 2 is 1.81 bits per heavy atom. The van der Waals surface area contributed by atoms with Gasteiger partial charge in [-0.05, 0) is 38.3 Å². The van der Waals surface area contributed by atoms with Crippen molar-refractivity contribution < 1.29 is 4.79 Å². The van der Waals surface area contributed by atoms with Gasteiger partial charge >= 0.3 is 0 Å². The third-order valence-corrected chi connectivity index (χ3v) is 2.76. The molecule has 1 fully saturated rings. The first-order valence-electron chi connectivity index (χ1n) is 5.68. The lowest BCUT2D eigenvalue weighted by Crippen LogP contribution is -2.19. The smallest absolute Gasteiger partial charge is 0.178 e. The number of nitrogens with zero attached hydrogens (tertiary/aromatic N) is 1. The summed E-state index contributed by atoms with van der Waals surface area (Å²) < 4.78 is 0. The van der Waals surface area contributed by atoms with Crippen LogP contribution in [0.5, 0.6) is 0 Å². The van der Waals surface area contributed by atoms with Gasteiger partial charge in [-0.1, -0.05) is 17.7 Å². The highest BCUT2D eigenvalue weighted by Crippen LogP contribution is 2.13. The minimum absolute atomic E-state index is 0.186. The lowest BCUT2D eigenvalue weighted by Gasteiger charge is -2.11. The van der Waals surface area contributed by atoms with Crippen LogP contribution in [0.2, 0.25) is 0 Å². The van der Waals surface area contributed by atoms with Gasteiger partial charge in [-0.15, -0.1) is 0 Å². The van der Waals surface area contributed by atoms with Gasteiger partial charge in [0.1, 0.15) is 5.71 Å². The van der Waals surface area contributed by atoms with E-state index in [9.17, 15) is 4.79 Å². The molecule has 2 rings (SSSR count). The van der Waals surface area contributed by atoms with E-state index < -0.39 is 0 Å². The molecular formula is C13H16N2O. The Labute approximate surface area is 95.6 Å². The number of ketones is 1. The summed E-state index contributed by atoms with van der Waals surface area (Å²) in [4.78, 5) is 11.5. The van der Waals surface area contributed by atoms with Crippen molar-refractivity contribution >= 4 is 17.2 Å². The topological polar surface area (TPSA) is 41.5 Å². The molecule has 0 spiro atoms.